The standard InChI is InChI=1S/C22H19BrN2O6/c1-2-29-22(28)30-17-9-5-15(6-10-17)20(26)25-16-7-3-14(4-8-16)13-24-21(27)18-11-12-19(23)31-18/h3-12H,2,13H2,1H3,(H,24,27)(H,25,26). The van der Waals surface area contributed by atoms with Gasteiger partial charge >= 0.3 is 6.16 Å². The largest absolute Gasteiger partial charge is 0.513 e. The minimum Gasteiger partial charge on any atom is -0.444 e. The first-order valence-corrected chi connectivity index (χ1v) is 10.1. The molecule has 2 aromatic carbocycles. The van der Waals surface area contributed by atoms with Gasteiger partial charge in [0.25, 0.3) is 11.8 Å². The Morgan fingerprint density at radius 1 is 0.935 bits per heavy atom. The molecule has 1 heterocycles. The summed E-state index contributed by atoms with van der Waals surface area (Å²) < 4.78 is 15.3. The van der Waals surface area contributed by atoms with E-state index < -0.39 is 6.16 Å². The lowest BCUT2D eigenvalue weighted by Gasteiger charge is -2.08. The highest BCUT2D eigenvalue weighted by atomic mass is 79.9. The Labute approximate surface area is 186 Å². The van der Waals surface area contributed by atoms with Crippen molar-refractivity contribution in [1.82, 2.24) is 5.32 Å². The average Bonchev–Trinajstić information content (AvgIpc) is 3.20. The predicted octanol–water partition coefficient (Wildman–Crippen LogP) is 4.76. The van der Waals surface area contributed by atoms with Gasteiger partial charge in [-0.25, -0.2) is 4.79 Å². The molecule has 0 saturated carbocycles. The molecule has 0 aliphatic rings. The molecule has 3 rings (SSSR count). The van der Waals surface area contributed by atoms with Gasteiger partial charge in [-0.05, 0) is 76.9 Å². The topological polar surface area (TPSA) is 107 Å². The van der Waals surface area contributed by atoms with Gasteiger partial charge in [-0.2, -0.15) is 0 Å². The van der Waals surface area contributed by atoms with Gasteiger partial charge < -0.3 is 24.5 Å². The van der Waals surface area contributed by atoms with Crippen LogP contribution in [0.2, 0.25) is 0 Å². The highest BCUT2D eigenvalue weighted by molar-refractivity contribution is 9.10. The summed E-state index contributed by atoms with van der Waals surface area (Å²) in [5.74, 6) is -0.136. The van der Waals surface area contributed by atoms with Crippen molar-refractivity contribution in [3.63, 3.8) is 0 Å². The maximum atomic E-state index is 12.4. The summed E-state index contributed by atoms with van der Waals surface area (Å²) in [6.45, 7) is 2.21. The number of furan rings is 1. The quantitative estimate of drug-likeness (QED) is 0.368. The van der Waals surface area contributed by atoms with Gasteiger partial charge in [0, 0.05) is 17.8 Å². The normalized spacial score (nSPS) is 10.3. The Bertz CT molecular complexity index is 1060. The Morgan fingerprint density at radius 2 is 1.65 bits per heavy atom. The maximum absolute atomic E-state index is 12.4. The van der Waals surface area contributed by atoms with E-state index in [1.807, 2.05) is 0 Å². The third-order valence-corrected chi connectivity index (χ3v) is 4.47. The van der Waals surface area contributed by atoms with Crippen molar-refractivity contribution < 1.29 is 28.3 Å². The van der Waals surface area contributed by atoms with Crippen LogP contribution in [0, 0.1) is 0 Å². The van der Waals surface area contributed by atoms with E-state index in [9.17, 15) is 14.4 Å². The number of hydrogen-bond donors (Lipinski definition) is 2. The van der Waals surface area contributed by atoms with Crippen LogP contribution in [0.3, 0.4) is 0 Å². The van der Waals surface area contributed by atoms with Crippen molar-refractivity contribution >= 4 is 39.6 Å². The van der Waals surface area contributed by atoms with Crippen molar-refractivity contribution in [2.75, 3.05) is 11.9 Å². The van der Waals surface area contributed by atoms with Gasteiger partial charge in [-0.3, -0.25) is 9.59 Å². The minimum absolute atomic E-state index is 0.215. The van der Waals surface area contributed by atoms with E-state index in [-0.39, 0.29) is 29.9 Å². The Hall–Kier alpha value is -3.59. The lowest BCUT2D eigenvalue weighted by atomic mass is 10.1. The van der Waals surface area contributed by atoms with Crippen LogP contribution in [0.25, 0.3) is 0 Å². The van der Waals surface area contributed by atoms with Crippen molar-refractivity contribution in [1.29, 1.82) is 0 Å². The zero-order valence-corrected chi connectivity index (χ0v) is 18.1. The van der Waals surface area contributed by atoms with Gasteiger partial charge in [-0.1, -0.05) is 12.1 Å². The fourth-order valence-electron chi connectivity index (χ4n) is 2.53. The second kappa shape index (κ2) is 10.4. The molecule has 2 N–H and O–H groups in total. The molecule has 31 heavy (non-hydrogen) atoms. The van der Waals surface area contributed by atoms with Crippen LogP contribution in [-0.4, -0.2) is 24.6 Å². The van der Waals surface area contributed by atoms with E-state index >= 15 is 0 Å². The second-order valence-corrected chi connectivity index (χ2v) is 7.03. The molecule has 8 nitrogen and oxygen atoms in total. The molecular formula is C22H19BrN2O6. The number of ether oxygens (including phenoxy) is 2. The van der Waals surface area contributed by atoms with Gasteiger partial charge in [0.2, 0.25) is 0 Å². The average molecular weight is 487 g/mol. The first-order valence-electron chi connectivity index (χ1n) is 9.33. The van der Waals surface area contributed by atoms with E-state index in [0.717, 1.165) is 5.56 Å². The zero-order chi connectivity index (χ0) is 22.2. The van der Waals surface area contributed by atoms with Crippen LogP contribution in [0.5, 0.6) is 5.75 Å². The Balaban J connectivity index is 1.51. The summed E-state index contributed by atoms with van der Waals surface area (Å²) in [4.78, 5) is 35.7. The van der Waals surface area contributed by atoms with Gasteiger partial charge in [0.1, 0.15) is 5.75 Å². The number of carbonyl (C=O) groups excluding carboxylic acids is 3. The summed E-state index contributed by atoms with van der Waals surface area (Å²) >= 11 is 3.15. The number of halogens is 1. The molecule has 0 aliphatic carbocycles. The molecule has 0 atom stereocenters. The van der Waals surface area contributed by atoms with E-state index in [4.69, 9.17) is 13.9 Å². The SMILES string of the molecule is CCOC(=O)Oc1ccc(C(=O)Nc2ccc(CNC(=O)c3ccc(Br)o3)cc2)cc1. The number of amides is 2. The van der Waals surface area contributed by atoms with E-state index in [0.29, 0.717) is 22.5 Å². The first-order chi connectivity index (χ1) is 14.9. The maximum Gasteiger partial charge on any atom is 0.513 e. The molecule has 9 heteroatoms. The molecule has 3 aromatic rings. The van der Waals surface area contributed by atoms with Gasteiger partial charge in [0.15, 0.2) is 10.4 Å². The highest BCUT2D eigenvalue weighted by Crippen LogP contribution is 2.16. The van der Waals surface area contributed by atoms with Crippen molar-refractivity contribution in [2.45, 2.75) is 13.5 Å². The predicted molar refractivity (Wildman–Crippen MR) is 116 cm³/mol. The first kappa shape index (κ1) is 22.1. The lowest BCUT2D eigenvalue weighted by molar-refractivity contribution is 0.0920. The number of benzene rings is 2. The van der Waals surface area contributed by atoms with E-state index in [1.54, 1.807) is 55.5 Å². The van der Waals surface area contributed by atoms with Crippen LogP contribution in [0.4, 0.5) is 10.5 Å². The lowest BCUT2D eigenvalue weighted by Crippen LogP contribution is -2.22. The molecule has 1 aromatic heterocycles. The Kier molecular flexibility index (Phi) is 7.45. The third kappa shape index (κ3) is 6.45. The number of anilines is 1. The molecule has 2 amide bonds. The summed E-state index contributed by atoms with van der Waals surface area (Å²) in [5, 5.41) is 5.54. The number of rotatable bonds is 7. The van der Waals surface area contributed by atoms with Crippen LogP contribution in [0.15, 0.2) is 69.8 Å². The molecule has 0 saturated heterocycles. The summed E-state index contributed by atoms with van der Waals surface area (Å²) in [5.41, 5.74) is 1.86. The summed E-state index contributed by atoms with van der Waals surface area (Å²) in [6, 6.07) is 16.4. The summed E-state index contributed by atoms with van der Waals surface area (Å²) in [7, 11) is 0. The van der Waals surface area contributed by atoms with Crippen LogP contribution in [-0.2, 0) is 11.3 Å². The number of nitrogens with one attached hydrogen (secondary N) is 2. The van der Waals surface area contributed by atoms with E-state index in [2.05, 4.69) is 26.6 Å². The third-order valence-electron chi connectivity index (χ3n) is 4.04. The summed E-state index contributed by atoms with van der Waals surface area (Å²) in [6.07, 6.45) is -0.798. The van der Waals surface area contributed by atoms with Crippen molar-refractivity contribution in [2.24, 2.45) is 0 Å². The molecular weight excluding hydrogens is 468 g/mol. The van der Waals surface area contributed by atoms with Gasteiger partial charge in [0.05, 0.1) is 6.61 Å². The molecule has 0 unspecified atom stereocenters. The molecule has 0 fully saturated rings. The smallest absolute Gasteiger partial charge is 0.444 e. The van der Waals surface area contributed by atoms with Crippen LogP contribution >= 0.6 is 15.9 Å². The second-order valence-electron chi connectivity index (χ2n) is 6.25. The number of hydrogen-bond acceptors (Lipinski definition) is 6. The fraction of sp³-hybridized carbons (Fsp3) is 0.136. The van der Waals surface area contributed by atoms with Crippen LogP contribution < -0.4 is 15.4 Å². The van der Waals surface area contributed by atoms with Crippen molar-refractivity contribution in [3.05, 3.63) is 82.2 Å². The molecule has 0 radical (unpaired) electrons. The fourth-order valence-corrected chi connectivity index (χ4v) is 2.84. The highest BCUT2D eigenvalue weighted by Gasteiger charge is 2.11. The zero-order valence-electron chi connectivity index (χ0n) is 16.5. The van der Waals surface area contributed by atoms with Crippen LogP contribution in [0.1, 0.15) is 33.4 Å². The molecule has 0 spiro atoms. The van der Waals surface area contributed by atoms with Crippen molar-refractivity contribution in [3.8, 4) is 5.75 Å². The monoisotopic (exact) mass is 486 g/mol. The Morgan fingerprint density at radius 3 is 2.26 bits per heavy atom. The molecule has 0 bridgehead atoms. The molecule has 160 valence electrons. The molecule has 0 aliphatic heterocycles. The minimum atomic E-state index is -0.798. The van der Waals surface area contributed by atoms with Gasteiger partial charge in [-0.15, -0.1) is 0 Å². The number of carbonyl (C=O) groups is 3. The van der Waals surface area contributed by atoms with E-state index in [1.165, 1.54) is 12.1 Å².